The molecule has 0 radical (unpaired) electrons. The summed E-state index contributed by atoms with van der Waals surface area (Å²) < 4.78 is 34.4. The van der Waals surface area contributed by atoms with Crippen molar-refractivity contribution in [3.8, 4) is 17.0 Å². The van der Waals surface area contributed by atoms with E-state index in [1.165, 1.54) is 13.2 Å². The molecule has 2 N–H and O–H groups in total. The van der Waals surface area contributed by atoms with Gasteiger partial charge in [0.15, 0.2) is 5.03 Å². The van der Waals surface area contributed by atoms with E-state index >= 15 is 0 Å². The second kappa shape index (κ2) is 8.51. The number of fused-ring (bicyclic) bond motifs is 1. The Morgan fingerprint density at radius 3 is 2.64 bits per heavy atom. The summed E-state index contributed by atoms with van der Waals surface area (Å²) in [6, 6.07) is 8.09. The molecular weight excluding hydrogens is 442 g/mol. The smallest absolute Gasteiger partial charge is 0.333 e. The van der Waals surface area contributed by atoms with Crippen molar-refractivity contribution in [2.45, 2.75) is 50.6 Å². The minimum absolute atomic E-state index is 0.218. The molecule has 0 spiro atoms. The minimum atomic E-state index is -4.15. The van der Waals surface area contributed by atoms with E-state index in [1.807, 2.05) is 39.0 Å². The van der Waals surface area contributed by atoms with Gasteiger partial charge in [-0.3, -0.25) is 4.68 Å². The number of urea groups is 1. The number of carbonyl (C=O) groups excluding carboxylic acids is 1. The van der Waals surface area contributed by atoms with Crippen LogP contribution in [0.5, 0.6) is 5.88 Å². The number of ether oxygens (including phenoxy) is 1. The summed E-state index contributed by atoms with van der Waals surface area (Å²) in [4.78, 5) is 17.0. The first-order chi connectivity index (χ1) is 15.6. The van der Waals surface area contributed by atoms with Gasteiger partial charge < -0.3 is 10.1 Å². The number of aromatic nitrogens is 3. The van der Waals surface area contributed by atoms with E-state index in [1.54, 1.807) is 23.1 Å². The maximum Gasteiger partial charge on any atom is 0.333 e. The van der Waals surface area contributed by atoms with Crippen LogP contribution in [0.1, 0.15) is 38.3 Å². The summed E-state index contributed by atoms with van der Waals surface area (Å²) >= 11 is 0. The fourth-order valence-electron chi connectivity index (χ4n) is 3.88. The van der Waals surface area contributed by atoms with Gasteiger partial charge in [0, 0.05) is 24.0 Å². The first kappa shape index (κ1) is 22.8. The molecule has 10 heteroatoms. The van der Waals surface area contributed by atoms with Crippen LogP contribution in [0.4, 0.5) is 10.5 Å². The number of anilines is 1. The Balaban J connectivity index is 1.64. The number of benzene rings is 1. The fraction of sp³-hybridized carbons (Fsp3) is 0.348. The molecule has 0 fully saturated rings. The zero-order chi connectivity index (χ0) is 23.8. The zero-order valence-electron chi connectivity index (χ0n) is 19.0. The van der Waals surface area contributed by atoms with Crippen molar-refractivity contribution < 1.29 is 17.9 Å². The van der Waals surface area contributed by atoms with Crippen molar-refractivity contribution in [3.63, 3.8) is 0 Å². The van der Waals surface area contributed by atoms with Crippen LogP contribution in [0.2, 0.25) is 0 Å². The summed E-state index contributed by atoms with van der Waals surface area (Å²) in [7, 11) is -2.61. The Hall–Kier alpha value is -3.40. The van der Waals surface area contributed by atoms with Crippen LogP contribution in [0.3, 0.4) is 0 Å². The molecule has 33 heavy (non-hydrogen) atoms. The number of pyridine rings is 1. The predicted molar refractivity (Wildman–Crippen MR) is 125 cm³/mol. The number of methoxy groups -OCH3 is 1. The molecular formula is C23H27N5O4S. The SMILES string of the molecule is COc1cc(-c2ccc3c(c2NC(=O)NS(=O)(=O)c2ccn(C(C)(C)C)n2)CCC3)ccn1. The Labute approximate surface area is 193 Å². The largest absolute Gasteiger partial charge is 0.481 e. The van der Waals surface area contributed by atoms with Gasteiger partial charge in [-0.1, -0.05) is 12.1 Å². The first-order valence-electron chi connectivity index (χ1n) is 10.6. The van der Waals surface area contributed by atoms with Crippen LogP contribution >= 0.6 is 0 Å². The lowest BCUT2D eigenvalue weighted by atomic mass is 9.98. The molecule has 174 valence electrons. The number of nitrogens with zero attached hydrogens (tertiary/aromatic N) is 3. The van der Waals surface area contributed by atoms with Crippen molar-refractivity contribution in [2.75, 3.05) is 12.4 Å². The highest BCUT2D eigenvalue weighted by atomic mass is 32.2. The first-order valence-corrected chi connectivity index (χ1v) is 12.1. The maximum absolute atomic E-state index is 12.8. The van der Waals surface area contributed by atoms with Crippen molar-refractivity contribution in [3.05, 3.63) is 53.9 Å². The quantitative estimate of drug-likeness (QED) is 0.589. The summed E-state index contributed by atoms with van der Waals surface area (Å²) in [6.07, 6.45) is 5.88. The topological polar surface area (TPSA) is 115 Å². The van der Waals surface area contributed by atoms with Gasteiger partial charge >= 0.3 is 6.03 Å². The molecule has 0 aliphatic heterocycles. The molecule has 4 rings (SSSR count). The average molecular weight is 470 g/mol. The van der Waals surface area contributed by atoms with Crippen LogP contribution in [0, 0.1) is 0 Å². The van der Waals surface area contributed by atoms with E-state index in [2.05, 4.69) is 20.1 Å². The standard InChI is InChI=1S/C23H27N5O4S/c1-23(2,3)28-13-11-20(26-28)33(30,31)27-22(29)25-21-17-7-5-6-15(17)8-9-18(21)16-10-12-24-19(14-16)32-4/h8-14H,5-7H2,1-4H3,(H2,25,27,29). The van der Waals surface area contributed by atoms with Crippen LogP contribution < -0.4 is 14.8 Å². The summed E-state index contributed by atoms with van der Waals surface area (Å²) in [5, 5.41) is 6.69. The van der Waals surface area contributed by atoms with Crippen molar-refractivity contribution >= 4 is 21.7 Å². The zero-order valence-corrected chi connectivity index (χ0v) is 19.9. The van der Waals surface area contributed by atoms with E-state index in [0.717, 1.165) is 41.5 Å². The molecule has 2 heterocycles. The van der Waals surface area contributed by atoms with E-state index < -0.39 is 16.1 Å². The Morgan fingerprint density at radius 1 is 1.15 bits per heavy atom. The summed E-state index contributed by atoms with van der Waals surface area (Å²) in [5.74, 6) is 0.445. The summed E-state index contributed by atoms with van der Waals surface area (Å²) in [5.41, 5.74) is 3.92. The van der Waals surface area contributed by atoms with Crippen molar-refractivity contribution in [2.24, 2.45) is 0 Å². The second-order valence-electron chi connectivity index (χ2n) is 8.90. The number of rotatable bonds is 5. The van der Waals surface area contributed by atoms with Crippen LogP contribution in [-0.2, 0) is 28.4 Å². The molecule has 2 amide bonds. The Morgan fingerprint density at radius 2 is 1.94 bits per heavy atom. The van der Waals surface area contributed by atoms with Gasteiger partial charge in [0.1, 0.15) is 0 Å². The highest BCUT2D eigenvalue weighted by Gasteiger charge is 2.26. The maximum atomic E-state index is 12.8. The van der Waals surface area contributed by atoms with Gasteiger partial charge in [-0.25, -0.2) is 14.5 Å². The number of carbonyl (C=O) groups is 1. The van der Waals surface area contributed by atoms with Crippen LogP contribution in [0.25, 0.3) is 11.1 Å². The van der Waals surface area contributed by atoms with Crippen molar-refractivity contribution in [1.29, 1.82) is 0 Å². The number of hydrogen-bond donors (Lipinski definition) is 2. The molecule has 0 unspecified atom stereocenters. The Bertz CT molecular complexity index is 1310. The Kier molecular flexibility index (Phi) is 5.87. The molecule has 2 aromatic heterocycles. The normalized spacial score (nSPS) is 13.5. The monoisotopic (exact) mass is 469 g/mol. The summed E-state index contributed by atoms with van der Waals surface area (Å²) in [6.45, 7) is 5.71. The minimum Gasteiger partial charge on any atom is -0.481 e. The van der Waals surface area contributed by atoms with Crippen LogP contribution in [0.15, 0.2) is 47.8 Å². The third-order valence-corrected chi connectivity index (χ3v) is 6.75. The number of nitrogens with one attached hydrogen (secondary N) is 2. The number of hydrogen-bond acceptors (Lipinski definition) is 6. The number of amides is 2. The molecule has 0 atom stereocenters. The molecule has 9 nitrogen and oxygen atoms in total. The second-order valence-corrected chi connectivity index (χ2v) is 10.5. The lowest BCUT2D eigenvalue weighted by Crippen LogP contribution is -2.35. The predicted octanol–water partition coefficient (Wildman–Crippen LogP) is 3.71. The van der Waals surface area contributed by atoms with Gasteiger partial charge in [-0.15, -0.1) is 0 Å². The third-order valence-electron chi connectivity index (χ3n) is 5.53. The van der Waals surface area contributed by atoms with E-state index in [4.69, 9.17) is 4.74 Å². The molecule has 3 aromatic rings. The van der Waals surface area contributed by atoms with E-state index in [-0.39, 0.29) is 10.6 Å². The molecule has 0 saturated carbocycles. The van der Waals surface area contributed by atoms with Gasteiger partial charge in [-0.05, 0) is 68.9 Å². The van der Waals surface area contributed by atoms with Crippen molar-refractivity contribution in [1.82, 2.24) is 19.5 Å². The van der Waals surface area contributed by atoms with Crippen LogP contribution in [-0.4, -0.2) is 36.3 Å². The fourth-order valence-corrected chi connectivity index (χ4v) is 4.71. The van der Waals surface area contributed by atoms with E-state index in [0.29, 0.717) is 11.6 Å². The third kappa shape index (κ3) is 4.70. The van der Waals surface area contributed by atoms with Gasteiger partial charge in [0.2, 0.25) is 5.88 Å². The number of aryl methyl sites for hydroxylation is 1. The highest BCUT2D eigenvalue weighted by molar-refractivity contribution is 7.90. The van der Waals surface area contributed by atoms with Gasteiger partial charge in [0.05, 0.1) is 18.3 Å². The molecule has 1 aliphatic rings. The highest BCUT2D eigenvalue weighted by Crippen LogP contribution is 2.38. The molecule has 0 bridgehead atoms. The average Bonchev–Trinajstić information content (AvgIpc) is 3.43. The molecule has 0 saturated heterocycles. The van der Waals surface area contributed by atoms with Gasteiger partial charge in [-0.2, -0.15) is 13.5 Å². The number of sulfonamides is 1. The molecule has 1 aliphatic carbocycles. The lowest BCUT2D eigenvalue weighted by molar-refractivity contribution is 0.256. The van der Waals surface area contributed by atoms with Gasteiger partial charge in [0.25, 0.3) is 10.0 Å². The lowest BCUT2D eigenvalue weighted by Gasteiger charge is -2.19. The molecule has 1 aromatic carbocycles. The van der Waals surface area contributed by atoms with E-state index in [9.17, 15) is 13.2 Å².